The second-order valence-electron chi connectivity index (χ2n) is 6.60. The summed E-state index contributed by atoms with van der Waals surface area (Å²) in [5.74, 6) is -1.37. The van der Waals surface area contributed by atoms with E-state index in [0.717, 1.165) is 44.8 Å². The number of hydrogen-bond donors (Lipinski definition) is 1. The van der Waals surface area contributed by atoms with E-state index >= 15 is 0 Å². The van der Waals surface area contributed by atoms with Crippen molar-refractivity contribution in [1.29, 1.82) is 0 Å². The van der Waals surface area contributed by atoms with Crippen LogP contribution in [0.15, 0.2) is 18.2 Å². The Kier molecular flexibility index (Phi) is 4.17. The zero-order valence-electron chi connectivity index (χ0n) is 12.9. The van der Waals surface area contributed by atoms with Crippen molar-refractivity contribution in [2.45, 2.75) is 32.2 Å². The van der Waals surface area contributed by atoms with Crippen LogP contribution in [0.5, 0.6) is 0 Å². The van der Waals surface area contributed by atoms with Gasteiger partial charge in [-0.15, -0.1) is 0 Å². The molecule has 0 aromatic heterocycles. The quantitative estimate of drug-likeness (QED) is 0.931. The number of nitrogens with zero attached hydrogens (tertiary/aromatic N) is 1. The van der Waals surface area contributed by atoms with Crippen LogP contribution >= 0.6 is 0 Å². The molecule has 120 valence electrons. The van der Waals surface area contributed by atoms with E-state index in [1.807, 2.05) is 0 Å². The number of hydrogen-bond acceptors (Lipinski definition) is 2. The lowest BCUT2D eigenvalue weighted by Crippen LogP contribution is -2.39. The highest BCUT2D eigenvalue weighted by Gasteiger charge is 2.49. The van der Waals surface area contributed by atoms with Crippen molar-refractivity contribution in [1.82, 2.24) is 10.2 Å². The monoisotopic (exact) mass is 308 g/mol. The van der Waals surface area contributed by atoms with Crippen molar-refractivity contribution in [2.24, 2.45) is 11.3 Å². The lowest BCUT2D eigenvalue weighted by molar-refractivity contribution is -0.127. The molecule has 1 aliphatic heterocycles. The van der Waals surface area contributed by atoms with Crippen molar-refractivity contribution in [3.63, 3.8) is 0 Å². The fraction of sp³-hybridized carbons (Fsp3) is 0.588. The Morgan fingerprint density at radius 1 is 1.41 bits per heavy atom. The number of likely N-dealkylation sites (tertiary alicyclic amines) is 1. The number of rotatable bonds is 3. The second-order valence-corrected chi connectivity index (χ2v) is 6.60. The van der Waals surface area contributed by atoms with E-state index in [-0.39, 0.29) is 17.2 Å². The Bertz CT molecular complexity index is 578. The zero-order valence-corrected chi connectivity index (χ0v) is 12.9. The molecule has 1 saturated carbocycles. The van der Waals surface area contributed by atoms with Gasteiger partial charge in [0.15, 0.2) is 11.6 Å². The molecule has 1 N–H and O–H groups in total. The third-order valence-electron chi connectivity index (χ3n) is 5.36. The van der Waals surface area contributed by atoms with Gasteiger partial charge in [-0.05, 0) is 37.3 Å². The largest absolute Gasteiger partial charge is 0.359 e. The van der Waals surface area contributed by atoms with Gasteiger partial charge in [0.2, 0.25) is 5.91 Å². The summed E-state index contributed by atoms with van der Waals surface area (Å²) in [7, 11) is 1.68. The first kappa shape index (κ1) is 15.4. The molecule has 3 rings (SSSR count). The smallest absolute Gasteiger partial charge is 0.223 e. The van der Waals surface area contributed by atoms with Crippen LogP contribution in [0.4, 0.5) is 8.78 Å². The number of carbonyl (C=O) groups is 1. The first-order valence-corrected chi connectivity index (χ1v) is 7.92. The first-order valence-electron chi connectivity index (χ1n) is 7.92. The molecule has 22 heavy (non-hydrogen) atoms. The third kappa shape index (κ3) is 2.62. The summed E-state index contributed by atoms with van der Waals surface area (Å²) in [5, 5.41) is 2.77. The number of nitrogens with one attached hydrogen (secondary N) is 1. The molecule has 1 heterocycles. The summed E-state index contributed by atoms with van der Waals surface area (Å²) in [4.78, 5) is 14.3. The van der Waals surface area contributed by atoms with Crippen LogP contribution in [0, 0.1) is 23.0 Å². The van der Waals surface area contributed by atoms with E-state index in [0.29, 0.717) is 12.1 Å². The molecule has 1 saturated heterocycles. The summed E-state index contributed by atoms with van der Waals surface area (Å²) in [6.07, 6.45) is 4.01. The molecule has 3 nitrogen and oxygen atoms in total. The normalized spacial score (nSPS) is 28.4. The molecule has 1 amide bonds. The lowest BCUT2D eigenvalue weighted by atomic mass is 9.76. The standard InChI is InChI=1S/C17H22F2N2O/c1-20-16(22)13-5-3-7-17(13)8-9-21(11-17)10-12-4-2-6-14(18)15(12)19/h2,4,6,13H,3,5,7-11H2,1H3,(H,20,22)/t13-,17+/m0/s1. The average molecular weight is 308 g/mol. The van der Waals surface area contributed by atoms with Crippen LogP contribution in [0.2, 0.25) is 0 Å². The first-order chi connectivity index (χ1) is 10.6. The van der Waals surface area contributed by atoms with Gasteiger partial charge in [0.25, 0.3) is 0 Å². The van der Waals surface area contributed by atoms with Gasteiger partial charge in [-0.3, -0.25) is 9.69 Å². The summed E-state index contributed by atoms with van der Waals surface area (Å²) in [6.45, 7) is 2.04. The molecule has 1 aliphatic carbocycles. The minimum atomic E-state index is -0.796. The Morgan fingerprint density at radius 2 is 2.23 bits per heavy atom. The van der Waals surface area contributed by atoms with Crippen LogP contribution in [0.25, 0.3) is 0 Å². The fourth-order valence-corrected chi connectivity index (χ4v) is 4.24. The molecular formula is C17H22F2N2O. The summed E-state index contributed by atoms with van der Waals surface area (Å²) >= 11 is 0. The predicted molar refractivity (Wildman–Crippen MR) is 80.1 cm³/mol. The van der Waals surface area contributed by atoms with Crippen molar-refractivity contribution in [3.8, 4) is 0 Å². The van der Waals surface area contributed by atoms with Gasteiger partial charge in [-0.2, -0.15) is 0 Å². The number of amides is 1. The average Bonchev–Trinajstić information content (AvgIpc) is 3.11. The zero-order chi connectivity index (χ0) is 15.7. The van der Waals surface area contributed by atoms with E-state index < -0.39 is 11.6 Å². The summed E-state index contributed by atoms with van der Waals surface area (Å²) in [6, 6.07) is 4.32. The van der Waals surface area contributed by atoms with Gasteiger partial charge in [0.05, 0.1) is 0 Å². The van der Waals surface area contributed by atoms with Gasteiger partial charge in [0.1, 0.15) is 0 Å². The molecule has 2 atom stereocenters. The summed E-state index contributed by atoms with van der Waals surface area (Å²) in [5.41, 5.74) is 0.413. The van der Waals surface area contributed by atoms with Crippen LogP contribution in [-0.4, -0.2) is 30.9 Å². The van der Waals surface area contributed by atoms with Gasteiger partial charge >= 0.3 is 0 Å². The fourth-order valence-electron chi connectivity index (χ4n) is 4.24. The number of carbonyl (C=O) groups excluding carboxylic acids is 1. The maximum atomic E-state index is 13.8. The highest BCUT2D eigenvalue weighted by atomic mass is 19.2. The van der Waals surface area contributed by atoms with Crippen LogP contribution in [0.1, 0.15) is 31.2 Å². The Morgan fingerprint density at radius 3 is 3.00 bits per heavy atom. The SMILES string of the molecule is CNC(=O)[C@@H]1CCC[C@]12CCN(Cc1cccc(F)c1F)C2. The molecule has 1 aromatic carbocycles. The van der Waals surface area contributed by atoms with Crippen molar-refractivity contribution >= 4 is 5.91 Å². The van der Waals surface area contributed by atoms with Crippen molar-refractivity contribution in [2.75, 3.05) is 20.1 Å². The van der Waals surface area contributed by atoms with Crippen LogP contribution < -0.4 is 5.32 Å². The molecule has 5 heteroatoms. The van der Waals surface area contributed by atoms with E-state index in [1.165, 1.54) is 0 Å². The Hall–Kier alpha value is -1.49. The number of halogens is 2. The summed E-state index contributed by atoms with van der Waals surface area (Å²) < 4.78 is 27.1. The van der Waals surface area contributed by atoms with Gasteiger partial charge in [0, 0.05) is 31.6 Å². The molecule has 2 fully saturated rings. The van der Waals surface area contributed by atoms with Crippen LogP contribution in [0.3, 0.4) is 0 Å². The molecule has 0 radical (unpaired) electrons. The van der Waals surface area contributed by atoms with Gasteiger partial charge in [-0.25, -0.2) is 8.78 Å². The highest BCUT2D eigenvalue weighted by molar-refractivity contribution is 5.79. The minimum absolute atomic E-state index is 0.0178. The molecule has 0 bridgehead atoms. The predicted octanol–water partition coefficient (Wildman–Crippen LogP) is 2.70. The van der Waals surface area contributed by atoms with Crippen molar-refractivity contribution in [3.05, 3.63) is 35.4 Å². The Labute approximate surface area is 129 Å². The van der Waals surface area contributed by atoms with E-state index in [2.05, 4.69) is 10.2 Å². The molecule has 2 aliphatic rings. The van der Waals surface area contributed by atoms with E-state index in [1.54, 1.807) is 19.2 Å². The highest BCUT2D eigenvalue weighted by Crippen LogP contribution is 2.50. The number of benzene rings is 1. The molecular weight excluding hydrogens is 286 g/mol. The topological polar surface area (TPSA) is 32.3 Å². The maximum Gasteiger partial charge on any atom is 0.223 e. The maximum absolute atomic E-state index is 13.8. The second kappa shape index (κ2) is 5.95. The minimum Gasteiger partial charge on any atom is -0.359 e. The lowest BCUT2D eigenvalue weighted by Gasteiger charge is -2.30. The Balaban J connectivity index is 1.72. The van der Waals surface area contributed by atoms with Crippen molar-refractivity contribution < 1.29 is 13.6 Å². The molecule has 1 aromatic rings. The molecule has 1 spiro atoms. The third-order valence-corrected chi connectivity index (χ3v) is 5.36. The van der Waals surface area contributed by atoms with Gasteiger partial charge in [-0.1, -0.05) is 18.6 Å². The molecule has 0 unspecified atom stereocenters. The van der Waals surface area contributed by atoms with Gasteiger partial charge < -0.3 is 5.32 Å². The van der Waals surface area contributed by atoms with E-state index in [9.17, 15) is 13.6 Å². The van der Waals surface area contributed by atoms with Crippen LogP contribution in [-0.2, 0) is 11.3 Å². The van der Waals surface area contributed by atoms with E-state index in [4.69, 9.17) is 0 Å².